The summed E-state index contributed by atoms with van der Waals surface area (Å²) in [6.07, 6.45) is 0.872. The minimum Gasteiger partial charge on any atom is -0.289 e. The molecule has 0 spiro atoms. The van der Waals surface area contributed by atoms with Gasteiger partial charge < -0.3 is 0 Å². The first-order valence-corrected chi connectivity index (χ1v) is 15.7. The van der Waals surface area contributed by atoms with Crippen LogP contribution in [0.1, 0.15) is 0 Å². The first-order chi connectivity index (χ1) is 16.2. The third kappa shape index (κ3) is 6.62. The van der Waals surface area contributed by atoms with Crippen molar-refractivity contribution in [2.24, 2.45) is 0 Å². The van der Waals surface area contributed by atoms with Crippen molar-refractivity contribution in [2.75, 3.05) is 38.2 Å². The van der Waals surface area contributed by atoms with E-state index in [1.165, 1.54) is 41.9 Å². The summed E-state index contributed by atoms with van der Waals surface area (Å²) in [5.41, 5.74) is 1.95. The van der Waals surface area contributed by atoms with Crippen LogP contribution in [0.5, 0.6) is 0 Å². The Labute approximate surface area is 206 Å². The smallest absolute Gasteiger partial charge is 0.263 e. The Morgan fingerprint density at radius 3 is 2.34 bits per heavy atom. The van der Waals surface area contributed by atoms with Gasteiger partial charge in [0, 0.05) is 31.1 Å². The van der Waals surface area contributed by atoms with Crippen LogP contribution in [-0.2, 0) is 34.9 Å². The van der Waals surface area contributed by atoms with Gasteiger partial charge in [0.1, 0.15) is 16.1 Å². The third-order valence-corrected chi connectivity index (χ3v) is 11.2. The van der Waals surface area contributed by atoms with Crippen LogP contribution < -0.4 is 10.2 Å². The van der Waals surface area contributed by atoms with Gasteiger partial charge in [0.25, 0.3) is 15.9 Å². The zero-order chi connectivity index (χ0) is 26.0. The molecule has 0 aliphatic carbocycles. The van der Waals surface area contributed by atoms with Gasteiger partial charge in [0.15, 0.2) is 0 Å². The van der Waals surface area contributed by atoms with Crippen LogP contribution in [0.2, 0.25) is 0 Å². The molecule has 1 fully saturated rings. The predicted octanol–water partition coefficient (Wildman–Crippen LogP) is -0.386. The highest BCUT2D eigenvalue weighted by atomic mass is 32.2. The maximum Gasteiger partial charge on any atom is 0.263 e. The van der Waals surface area contributed by atoms with E-state index in [1.54, 1.807) is 0 Å². The van der Waals surface area contributed by atoms with E-state index in [9.17, 15) is 34.4 Å². The molecule has 1 aromatic heterocycles. The fourth-order valence-electron chi connectivity index (χ4n) is 3.40. The molecule has 0 unspecified atom stereocenters. The number of carbonyl (C=O) groups excluding carboxylic acids is 1. The number of hydrogen-bond donors (Lipinski definition) is 3. The van der Waals surface area contributed by atoms with E-state index >= 15 is 0 Å². The van der Waals surface area contributed by atoms with Gasteiger partial charge in [-0.2, -0.15) is 8.61 Å². The largest absolute Gasteiger partial charge is 0.289 e. The molecule has 0 bridgehead atoms. The molecule has 0 radical (unpaired) electrons. The summed E-state index contributed by atoms with van der Waals surface area (Å²) >= 11 is 0.890. The molecule has 0 saturated carbocycles. The molecule has 1 aliphatic rings. The highest BCUT2D eigenvalue weighted by Gasteiger charge is 2.43. The average Bonchev–Trinajstić information content (AvgIpc) is 3.29. The van der Waals surface area contributed by atoms with Crippen LogP contribution in [0.3, 0.4) is 0 Å². The molecule has 2 heterocycles. The quantitative estimate of drug-likeness (QED) is 0.270. The van der Waals surface area contributed by atoms with E-state index in [-0.39, 0.29) is 17.3 Å². The standard InChI is InChI=1S/C18H23FN4O8S4/c1-33(26,27)20-8-11-34(28,29)22-9-10-23(15(12-22)18(24)21-25)35(30,31)17-7-6-16(32-17)13-2-4-14(19)5-3-13/h2-7,15,20,25H,8-12H2,1H3,(H,21,24)/t15-/m1/s1. The second kappa shape index (κ2) is 10.6. The summed E-state index contributed by atoms with van der Waals surface area (Å²) in [5, 5.41) is 9.14. The SMILES string of the molecule is CS(=O)(=O)NCCS(=O)(=O)N1CCN(S(=O)(=O)c2ccc(-c3ccc(F)cc3)s2)[C@@H](C(=O)NO)C1. The minimum atomic E-state index is -4.27. The van der Waals surface area contributed by atoms with Gasteiger partial charge in [0.2, 0.25) is 20.0 Å². The number of hydrogen-bond acceptors (Lipinski definition) is 9. The fraction of sp³-hybridized carbons (Fsp3) is 0.389. The Hall–Kier alpha value is -1.99. The lowest BCUT2D eigenvalue weighted by atomic mass is 10.2. The van der Waals surface area contributed by atoms with Crippen molar-refractivity contribution in [2.45, 2.75) is 10.3 Å². The molecule has 1 saturated heterocycles. The maximum absolute atomic E-state index is 13.3. The topological polar surface area (TPSA) is 170 Å². The molecule has 1 aliphatic heterocycles. The molecule has 3 rings (SSSR count). The Balaban J connectivity index is 1.83. The van der Waals surface area contributed by atoms with Gasteiger partial charge in [-0.15, -0.1) is 11.3 Å². The van der Waals surface area contributed by atoms with Gasteiger partial charge >= 0.3 is 0 Å². The molecule has 1 aromatic carbocycles. The Bertz CT molecular complexity index is 1390. The van der Waals surface area contributed by atoms with E-state index < -0.39 is 66.7 Å². The normalized spacial score (nSPS) is 18.4. The number of carbonyl (C=O) groups is 1. The molecule has 3 N–H and O–H groups in total. The van der Waals surface area contributed by atoms with Crippen molar-refractivity contribution in [3.05, 3.63) is 42.2 Å². The summed E-state index contributed by atoms with van der Waals surface area (Å²) in [5.74, 6) is -2.18. The highest BCUT2D eigenvalue weighted by Crippen LogP contribution is 2.33. The van der Waals surface area contributed by atoms with Gasteiger partial charge in [-0.25, -0.2) is 39.8 Å². The maximum atomic E-state index is 13.3. The van der Waals surface area contributed by atoms with E-state index in [0.29, 0.717) is 10.4 Å². The number of nitrogens with zero attached hydrogens (tertiary/aromatic N) is 2. The van der Waals surface area contributed by atoms with Crippen molar-refractivity contribution < 1.29 is 39.6 Å². The molecule has 2 aromatic rings. The lowest BCUT2D eigenvalue weighted by molar-refractivity contribution is -0.134. The Kier molecular flexibility index (Phi) is 8.32. The molecular formula is C18H23FN4O8S4. The number of halogens is 1. The number of hydroxylamine groups is 1. The van der Waals surface area contributed by atoms with Crippen molar-refractivity contribution in [3.63, 3.8) is 0 Å². The van der Waals surface area contributed by atoms with Crippen molar-refractivity contribution >= 4 is 47.3 Å². The first kappa shape index (κ1) is 27.6. The van der Waals surface area contributed by atoms with Crippen LogP contribution in [0.4, 0.5) is 4.39 Å². The molecule has 1 atom stereocenters. The number of rotatable bonds is 9. The lowest BCUT2D eigenvalue weighted by Crippen LogP contribution is -2.61. The number of amides is 1. The second-order valence-corrected chi connectivity index (χ2v) is 14.7. The number of nitrogens with one attached hydrogen (secondary N) is 2. The monoisotopic (exact) mass is 570 g/mol. The predicted molar refractivity (Wildman–Crippen MR) is 126 cm³/mol. The summed E-state index contributed by atoms with van der Waals surface area (Å²) in [6.45, 7) is -1.66. The van der Waals surface area contributed by atoms with Crippen LogP contribution in [0.25, 0.3) is 10.4 Å². The number of thiophene rings is 1. The highest BCUT2D eigenvalue weighted by molar-refractivity contribution is 7.91. The van der Waals surface area contributed by atoms with Crippen LogP contribution in [0, 0.1) is 5.82 Å². The number of benzene rings is 1. The number of piperazine rings is 1. The van der Waals surface area contributed by atoms with Gasteiger partial charge in [-0.3, -0.25) is 10.0 Å². The third-order valence-electron chi connectivity index (χ3n) is 5.10. The molecular weight excluding hydrogens is 547 g/mol. The zero-order valence-corrected chi connectivity index (χ0v) is 21.6. The molecule has 35 heavy (non-hydrogen) atoms. The van der Waals surface area contributed by atoms with Crippen LogP contribution in [0.15, 0.2) is 40.6 Å². The fourth-order valence-corrected chi connectivity index (χ4v) is 8.36. The van der Waals surface area contributed by atoms with Crippen molar-refractivity contribution in [1.29, 1.82) is 0 Å². The molecule has 194 valence electrons. The van der Waals surface area contributed by atoms with Gasteiger partial charge in [-0.05, 0) is 29.8 Å². The van der Waals surface area contributed by atoms with E-state index in [1.807, 2.05) is 0 Å². The Morgan fingerprint density at radius 1 is 1.09 bits per heavy atom. The van der Waals surface area contributed by atoms with E-state index in [4.69, 9.17) is 5.21 Å². The van der Waals surface area contributed by atoms with E-state index in [2.05, 4.69) is 4.72 Å². The first-order valence-electron chi connectivity index (χ1n) is 9.98. The number of sulfonamides is 3. The van der Waals surface area contributed by atoms with Gasteiger partial charge in [-0.1, -0.05) is 12.1 Å². The second-order valence-electron chi connectivity index (χ2n) is 7.57. The average molecular weight is 571 g/mol. The molecule has 17 heteroatoms. The molecule has 1 amide bonds. The van der Waals surface area contributed by atoms with Gasteiger partial charge in [0.05, 0.1) is 12.0 Å². The summed E-state index contributed by atoms with van der Waals surface area (Å²) < 4.78 is 91.1. The zero-order valence-electron chi connectivity index (χ0n) is 18.3. The van der Waals surface area contributed by atoms with Crippen molar-refractivity contribution in [1.82, 2.24) is 18.8 Å². The Morgan fingerprint density at radius 2 is 1.74 bits per heavy atom. The summed E-state index contributed by atoms with van der Waals surface area (Å²) in [7, 11) is -11.9. The summed E-state index contributed by atoms with van der Waals surface area (Å²) in [6, 6.07) is 6.72. The lowest BCUT2D eigenvalue weighted by Gasteiger charge is -2.38. The van der Waals surface area contributed by atoms with Crippen molar-refractivity contribution in [3.8, 4) is 10.4 Å². The van der Waals surface area contributed by atoms with E-state index in [0.717, 1.165) is 26.2 Å². The summed E-state index contributed by atoms with van der Waals surface area (Å²) in [4.78, 5) is 12.9. The van der Waals surface area contributed by atoms with Crippen LogP contribution >= 0.6 is 11.3 Å². The van der Waals surface area contributed by atoms with Crippen LogP contribution in [-0.4, -0.2) is 89.2 Å². The minimum absolute atomic E-state index is 0.124. The molecule has 12 nitrogen and oxygen atoms in total.